The highest BCUT2D eigenvalue weighted by Crippen LogP contribution is 2.41. The fourth-order valence-corrected chi connectivity index (χ4v) is 10.7. The summed E-state index contributed by atoms with van der Waals surface area (Å²) in [5.74, 6) is -0.367. The first kappa shape index (κ1) is 29.5. The van der Waals surface area contributed by atoms with Gasteiger partial charge in [0, 0.05) is 18.9 Å². The van der Waals surface area contributed by atoms with Crippen LogP contribution in [0.5, 0.6) is 0 Å². The number of benzene rings is 3. The second-order valence-corrected chi connectivity index (χ2v) is 20.5. The summed E-state index contributed by atoms with van der Waals surface area (Å²) in [6.07, 6.45) is 0.215. The molecule has 1 aliphatic heterocycles. The first-order chi connectivity index (χ1) is 18.5. The van der Waals surface area contributed by atoms with Crippen molar-refractivity contribution in [1.82, 2.24) is 0 Å². The van der Waals surface area contributed by atoms with Gasteiger partial charge in [-0.15, -0.1) is 0 Å². The Labute approximate surface area is 237 Å². The fraction of sp³-hybridized carbons (Fsp3) is 0.424. The van der Waals surface area contributed by atoms with Crippen LogP contribution in [0.4, 0.5) is 0 Å². The molecule has 3 aromatic carbocycles. The number of carbonyl (C=O) groups is 1. The van der Waals surface area contributed by atoms with Crippen LogP contribution in [0.3, 0.4) is 0 Å². The Morgan fingerprint density at radius 3 is 1.62 bits per heavy atom. The highest BCUT2D eigenvalue weighted by molar-refractivity contribution is 7.07. The van der Waals surface area contributed by atoms with Crippen LogP contribution in [0, 0.1) is 11.8 Å². The maximum Gasteiger partial charge on any atom is 0.311 e. The van der Waals surface area contributed by atoms with Crippen molar-refractivity contribution in [2.24, 2.45) is 11.8 Å². The van der Waals surface area contributed by atoms with E-state index < -0.39 is 16.6 Å². The summed E-state index contributed by atoms with van der Waals surface area (Å²) in [6, 6.07) is 31.7. The summed E-state index contributed by atoms with van der Waals surface area (Å²) in [4.78, 5) is 13.0. The zero-order chi connectivity index (χ0) is 28.3. The molecule has 208 valence electrons. The van der Waals surface area contributed by atoms with Crippen molar-refractivity contribution >= 4 is 38.2 Å². The van der Waals surface area contributed by atoms with E-state index in [4.69, 9.17) is 13.6 Å². The Kier molecular flexibility index (Phi) is 9.01. The predicted octanol–water partition coefficient (Wildman–Crippen LogP) is 5.65. The third kappa shape index (κ3) is 6.14. The van der Waals surface area contributed by atoms with Crippen LogP contribution in [0.25, 0.3) is 0 Å². The van der Waals surface area contributed by atoms with Crippen LogP contribution in [-0.2, 0) is 18.4 Å². The molecule has 4 nitrogen and oxygen atoms in total. The van der Waals surface area contributed by atoms with Gasteiger partial charge < -0.3 is 13.6 Å². The Bertz CT molecular complexity index is 1110. The van der Waals surface area contributed by atoms with E-state index in [1.807, 2.05) is 25.1 Å². The Balaban J connectivity index is 1.62. The summed E-state index contributed by atoms with van der Waals surface area (Å²) < 4.78 is 19.9. The molecule has 6 heteroatoms. The molecule has 0 saturated carbocycles. The summed E-state index contributed by atoms with van der Waals surface area (Å²) >= 11 is 0. The second kappa shape index (κ2) is 11.9. The molecular weight excluding hydrogens is 517 g/mol. The van der Waals surface area contributed by atoms with Crippen molar-refractivity contribution in [3.63, 3.8) is 0 Å². The van der Waals surface area contributed by atoms with E-state index in [1.165, 1.54) is 15.6 Å². The molecule has 4 atom stereocenters. The normalized spacial score (nSPS) is 22.4. The van der Waals surface area contributed by atoms with Crippen LogP contribution < -0.4 is 15.6 Å². The lowest BCUT2D eigenvalue weighted by Gasteiger charge is -2.46. The average Bonchev–Trinajstić information content (AvgIpc) is 2.93. The largest absolute Gasteiger partial charge is 0.462 e. The standard InChI is InChI=1S/C33H44O4Si2/c1-25-30(36-32(34)26(2)31(25)37-38(6,7)33(3,4)5)23-24-35-39(27-17-11-8-12-18-27,28-19-13-9-14-20-28)29-21-15-10-16-22-29/h8-22,25-26,30-31H,23-24H2,1-7H3/t25-,26-,30+,31-/m0/s1. The molecule has 1 fully saturated rings. The maximum atomic E-state index is 13.0. The minimum absolute atomic E-state index is 0.0681. The van der Waals surface area contributed by atoms with Crippen LogP contribution >= 0.6 is 0 Å². The lowest BCUT2D eigenvalue weighted by molar-refractivity contribution is -0.176. The summed E-state index contributed by atoms with van der Waals surface area (Å²) in [5.41, 5.74) is 0. The highest BCUT2D eigenvalue weighted by Gasteiger charge is 2.48. The molecule has 3 aromatic rings. The van der Waals surface area contributed by atoms with Crippen molar-refractivity contribution in [2.45, 2.75) is 71.4 Å². The molecule has 0 aromatic heterocycles. The maximum absolute atomic E-state index is 13.0. The van der Waals surface area contributed by atoms with E-state index in [-0.39, 0.29) is 35.1 Å². The van der Waals surface area contributed by atoms with Crippen molar-refractivity contribution in [3.05, 3.63) is 91.0 Å². The van der Waals surface area contributed by atoms with Gasteiger partial charge in [0.15, 0.2) is 8.32 Å². The Morgan fingerprint density at radius 1 is 0.769 bits per heavy atom. The number of cyclic esters (lactones) is 1. The molecule has 1 saturated heterocycles. The number of esters is 1. The minimum Gasteiger partial charge on any atom is -0.462 e. The zero-order valence-corrected chi connectivity index (χ0v) is 26.5. The van der Waals surface area contributed by atoms with Crippen LogP contribution in [0.1, 0.15) is 41.0 Å². The van der Waals surface area contributed by atoms with E-state index in [9.17, 15) is 4.79 Å². The van der Waals surface area contributed by atoms with Crippen molar-refractivity contribution in [2.75, 3.05) is 6.61 Å². The van der Waals surface area contributed by atoms with Gasteiger partial charge in [-0.1, -0.05) is 119 Å². The Morgan fingerprint density at radius 2 is 1.21 bits per heavy atom. The molecule has 0 bridgehead atoms. The molecule has 0 N–H and O–H groups in total. The van der Waals surface area contributed by atoms with Gasteiger partial charge in [-0.2, -0.15) is 0 Å². The van der Waals surface area contributed by atoms with E-state index >= 15 is 0 Å². The lowest BCUT2D eigenvalue weighted by Crippen LogP contribution is -2.69. The minimum atomic E-state index is -2.81. The first-order valence-corrected chi connectivity index (χ1v) is 19.0. The topological polar surface area (TPSA) is 44.8 Å². The van der Waals surface area contributed by atoms with Gasteiger partial charge in [-0.05, 0) is 40.6 Å². The highest BCUT2D eigenvalue weighted by atomic mass is 28.4. The van der Waals surface area contributed by atoms with Crippen LogP contribution in [-0.4, -0.2) is 41.4 Å². The molecule has 0 radical (unpaired) electrons. The number of carbonyl (C=O) groups excluding carboxylic acids is 1. The van der Waals surface area contributed by atoms with Crippen molar-refractivity contribution in [1.29, 1.82) is 0 Å². The quantitative estimate of drug-likeness (QED) is 0.193. The molecule has 0 spiro atoms. The molecule has 0 aliphatic carbocycles. The van der Waals surface area contributed by atoms with Gasteiger partial charge in [-0.25, -0.2) is 0 Å². The van der Waals surface area contributed by atoms with Gasteiger partial charge in [-0.3, -0.25) is 4.79 Å². The van der Waals surface area contributed by atoms with Crippen molar-refractivity contribution in [3.8, 4) is 0 Å². The summed E-state index contributed by atoms with van der Waals surface area (Å²) in [7, 11) is -4.87. The van der Waals surface area contributed by atoms with Gasteiger partial charge in [0.2, 0.25) is 0 Å². The third-order valence-electron chi connectivity index (χ3n) is 8.74. The SMILES string of the molecule is C[C@@H]1[C@H](O[Si](C)(C)C(C)(C)C)[C@H](C)C(=O)O[C@@H]1CCO[Si](c1ccccc1)(c1ccccc1)c1ccccc1. The third-order valence-corrected chi connectivity index (χ3v) is 17.3. The molecule has 39 heavy (non-hydrogen) atoms. The number of hydrogen-bond donors (Lipinski definition) is 0. The van der Waals surface area contributed by atoms with E-state index in [2.05, 4.69) is 114 Å². The summed E-state index contributed by atoms with van der Waals surface area (Å²) in [5, 5.41) is 3.66. The monoisotopic (exact) mass is 560 g/mol. The van der Waals surface area contributed by atoms with Crippen LogP contribution in [0.2, 0.25) is 18.1 Å². The summed E-state index contributed by atoms with van der Waals surface area (Å²) in [6.45, 7) is 15.8. The zero-order valence-electron chi connectivity index (χ0n) is 24.5. The first-order valence-electron chi connectivity index (χ1n) is 14.2. The number of rotatable bonds is 9. The average molecular weight is 561 g/mol. The van der Waals surface area contributed by atoms with E-state index in [0.29, 0.717) is 13.0 Å². The second-order valence-electron chi connectivity index (χ2n) is 12.4. The van der Waals surface area contributed by atoms with Gasteiger partial charge in [0.25, 0.3) is 8.32 Å². The predicted molar refractivity (Wildman–Crippen MR) is 165 cm³/mol. The molecule has 4 rings (SSSR count). The van der Waals surface area contributed by atoms with Gasteiger partial charge >= 0.3 is 5.97 Å². The smallest absolute Gasteiger partial charge is 0.311 e. The lowest BCUT2D eigenvalue weighted by atomic mass is 9.85. The Hall–Kier alpha value is -2.52. The van der Waals surface area contributed by atoms with Gasteiger partial charge in [0.1, 0.15) is 6.10 Å². The van der Waals surface area contributed by atoms with E-state index in [0.717, 1.165) is 0 Å². The molecule has 0 unspecified atom stereocenters. The fourth-order valence-electron chi connectivity index (χ4n) is 5.31. The molecular formula is C33H44O4Si2. The van der Waals surface area contributed by atoms with Gasteiger partial charge in [0.05, 0.1) is 12.0 Å². The molecule has 1 aliphatic rings. The van der Waals surface area contributed by atoms with E-state index in [1.54, 1.807) is 0 Å². The molecule has 1 heterocycles. The molecule has 0 amide bonds. The number of ether oxygens (including phenoxy) is 1. The van der Waals surface area contributed by atoms with Crippen LogP contribution in [0.15, 0.2) is 91.0 Å². The number of hydrogen-bond acceptors (Lipinski definition) is 4. The van der Waals surface area contributed by atoms with Crippen molar-refractivity contribution < 1.29 is 18.4 Å².